The molecule has 15 heavy (non-hydrogen) atoms. The predicted octanol–water partition coefficient (Wildman–Crippen LogP) is 2.28. The van der Waals surface area contributed by atoms with Crippen molar-refractivity contribution in [2.45, 2.75) is 0 Å². The molecule has 0 unspecified atom stereocenters. The average Bonchev–Trinajstić information content (AvgIpc) is 2.23. The van der Waals surface area contributed by atoms with Crippen LogP contribution in [0.2, 0.25) is 5.02 Å². The van der Waals surface area contributed by atoms with E-state index < -0.39 is 0 Å². The third kappa shape index (κ3) is 1.87. The first kappa shape index (κ1) is 9.80. The van der Waals surface area contributed by atoms with E-state index in [4.69, 9.17) is 17.3 Å². The topological polar surface area (TPSA) is 58.9 Å². The van der Waals surface area contributed by atoms with Crippen molar-refractivity contribution in [2.24, 2.45) is 0 Å². The van der Waals surface area contributed by atoms with Crippen molar-refractivity contribution in [1.29, 1.82) is 0 Å². The van der Waals surface area contributed by atoms with Crippen LogP contribution in [-0.4, -0.2) is 4.98 Å². The second-order valence-electron chi connectivity index (χ2n) is 3.14. The molecular formula is C11H9ClN2O. The molecule has 4 heteroatoms. The first-order valence-electron chi connectivity index (χ1n) is 4.42. The molecule has 0 radical (unpaired) electrons. The van der Waals surface area contributed by atoms with Gasteiger partial charge >= 0.3 is 0 Å². The number of rotatable bonds is 1. The van der Waals surface area contributed by atoms with Gasteiger partial charge in [0.05, 0.1) is 5.69 Å². The van der Waals surface area contributed by atoms with Crippen LogP contribution in [0, 0.1) is 0 Å². The normalized spacial score (nSPS) is 10.2. The van der Waals surface area contributed by atoms with Crippen LogP contribution in [0.3, 0.4) is 0 Å². The maximum absolute atomic E-state index is 11.3. The highest BCUT2D eigenvalue weighted by Crippen LogP contribution is 2.24. The minimum atomic E-state index is -0.299. The predicted molar refractivity (Wildman–Crippen MR) is 61.9 cm³/mol. The Morgan fingerprint density at radius 1 is 1.13 bits per heavy atom. The van der Waals surface area contributed by atoms with E-state index >= 15 is 0 Å². The van der Waals surface area contributed by atoms with E-state index in [1.165, 1.54) is 0 Å². The smallest absolute Gasteiger partial charge is 0.271 e. The zero-order chi connectivity index (χ0) is 10.8. The highest BCUT2D eigenvalue weighted by Gasteiger charge is 2.03. The van der Waals surface area contributed by atoms with Crippen molar-refractivity contribution >= 4 is 17.3 Å². The van der Waals surface area contributed by atoms with Gasteiger partial charge in [-0.25, -0.2) is 0 Å². The number of hydrogen-bond acceptors (Lipinski definition) is 2. The number of aromatic nitrogens is 1. The Hall–Kier alpha value is -1.74. The molecule has 2 aromatic rings. The third-order valence-electron chi connectivity index (χ3n) is 2.10. The summed E-state index contributed by atoms with van der Waals surface area (Å²) < 4.78 is 0. The zero-order valence-electron chi connectivity index (χ0n) is 7.83. The Morgan fingerprint density at radius 3 is 2.53 bits per heavy atom. The Labute approximate surface area is 91.5 Å². The summed E-state index contributed by atoms with van der Waals surface area (Å²) in [5.74, 6) is 0. The van der Waals surface area contributed by atoms with Gasteiger partial charge in [0, 0.05) is 16.3 Å². The van der Waals surface area contributed by atoms with E-state index in [0.717, 1.165) is 5.56 Å². The molecule has 1 aromatic heterocycles. The van der Waals surface area contributed by atoms with Gasteiger partial charge in [-0.3, -0.25) is 4.79 Å². The van der Waals surface area contributed by atoms with Gasteiger partial charge in [0.1, 0.15) is 0 Å². The van der Waals surface area contributed by atoms with Crippen molar-refractivity contribution in [2.75, 3.05) is 5.73 Å². The van der Waals surface area contributed by atoms with Crippen molar-refractivity contribution in [1.82, 2.24) is 4.98 Å². The number of nitrogens with two attached hydrogens (primary N) is 1. The standard InChI is InChI=1S/C11H9ClN2O/c12-8-4-2-1-3-7(8)10-6-5-9(13)11(15)14-10/h1-6H,13H2,(H,14,15). The summed E-state index contributed by atoms with van der Waals surface area (Å²) in [6, 6.07) is 10.6. The second kappa shape index (κ2) is 3.79. The Morgan fingerprint density at radius 2 is 1.87 bits per heavy atom. The van der Waals surface area contributed by atoms with Crippen LogP contribution in [0.15, 0.2) is 41.2 Å². The molecule has 0 saturated heterocycles. The molecule has 0 fully saturated rings. The number of nitrogens with one attached hydrogen (secondary N) is 1. The van der Waals surface area contributed by atoms with Gasteiger partial charge in [-0.15, -0.1) is 0 Å². The third-order valence-corrected chi connectivity index (χ3v) is 2.43. The van der Waals surface area contributed by atoms with Crippen LogP contribution < -0.4 is 11.3 Å². The molecule has 76 valence electrons. The van der Waals surface area contributed by atoms with Gasteiger partial charge in [-0.2, -0.15) is 0 Å². The maximum Gasteiger partial charge on any atom is 0.271 e. The zero-order valence-corrected chi connectivity index (χ0v) is 8.58. The van der Waals surface area contributed by atoms with Gasteiger partial charge in [-0.05, 0) is 18.2 Å². The molecule has 0 aliphatic carbocycles. The summed E-state index contributed by atoms with van der Waals surface area (Å²) in [7, 11) is 0. The molecule has 0 atom stereocenters. The molecule has 0 spiro atoms. The Balaban J connectivity index is 2.60. The summed E-state index contributed by atoms with van der Waals surface area (Å²) in [5.41, 5.74) is 6.78. The maximum atomic E-state index is 11.3. The lowest BCUT2D eigenvalue weighted by Gasteiger charge is -2.03. The lowest BCUT2D eigenvalue weighted by Crippen LogP contribution is -2.11. The van der Waals surface area contributed by atoms with Gasteiger partial charge in [0.25, 0.3) is 5.56 Å². The quantitative estimate of drug-likeness (QED) is 0.775. The number of pyridine rings is 1. The fourth-order valence-corrected chi connectivity index (χ4v) is 1.56. The number of nitrogen functional groups attached to an aromatic ring is 1. The van der Waals surface area contributed by atoms with E-state index in [9.17, 15) is 4.79 Å². The van der Waals surface area contributed by atoms with E-state index in [0.29, 0.717) is 10.7 Å². The van der Waals surface area contributed by atoms with E-state index in [1.807, 2.05) is 18.2 Å². The molecule has 3 nitrogen and oxygen atoms in total. The fraction of sp³-hybridized carbons (Fsp3) is 0. The number of H-pyrrole nitrogens is 1. The molecule has 0 aliphatic rings. The lowest BCUT2D eigenvalue weighted by atomic mass is 10.1. The van der Waals surface area contributed by atoms with Crippen LogP contribution in [0.5, 0.6) is 0 Å². The van der Waals surface area contributed by atoms with Gasteiger partial charge in [0.15, 0.2) is 0 Å². The van der Waals surface area contributed by atoms with Crippen LogP contribution in [-0.2, 0) is 0 Å². The van der Waals surface area contributed by atoms with Gasteiger partial charge in [0.2, 0.25) is 0 Å². The minimum Gasteiger partial charge on any atom is -0.394 e. The van der Waals surface area contributed by atoms with Gasteiger partial charge < -0.3 is 10.7 Å². The van der Waals surface area contributed by atoms with Crippen LogP contribution in [0.4, 0.5) is 5.69 Å². The summed E-state index contributed by atoms with van der Waals surface area (Å²) >= 11 is 6.00. The average molecular weight is 221 g/mol. The first-order valence-corrected chi connectivity index (χ1v) is 4.80. The van der Waals surface area contributed by atoms with E-state index in [1.54, 1.807) is 18.2 Å². The summed E-state index contributed by atoms with van der Waals surface area (Å²) in [4.78, 5) is 14.0. The molecule has 1 aromatic carbocycles. The van der Waals surface area contributed by atoms with Crippen molar-refractivity contribution in [3.63, 3.8) is 0 Å². The minimum absolute atomic E-state index is 0.200. The fourth-order valence-electron chi connectivity index (χ4n) is 1.32. The van der Waals surface area contributed by atoms with E-state index in [-0.39, 0.29) is 11.2 Å². The molecule has 0 aliphatic heterocycles. The van der Waals surface area contributed by atoms with E-state index in [2.05, 4.69) is 4.98 Å². The molecule has 3 N–H and O–H groups in total. The van der Waals surface area contributed by atoms with Crippen LogP contribution >= 0.6 is 11.6 Å². The monoisotopic (exact) mass is 220 g/mol. The Bertz CT molecular complexity index is 548. The van der Waals surface area contributed by atoms with Crippen molar-refractivity contribution < 1.29 is 0 Å². The molecule has 2 rings (SSSR count). The number of benzene rings is 1. The van der Waals surface area contributed by atoms with Crippen LogP contribution in [0.1, 0.15) is 0 Å². The second-order valence-corrected chi connectivity index (χ2v) is 3.54. The van der Waals surface area contributed by atoms with Crippen molar-refractivity contribution in [3.05, 3.63) is 51.8 Å². The van der Waals surface area contributed by atoms with Crippen LogP contribution in [0.25, 0.3) is 11.3 Å². The molecule has 0 saturated carbocycles. The largest absolute Gasteiger partial charge is 0.394 e. The molecule has 0 bridgehead atoms. The number of halogens is 1. The number of aromatic amines is 1. The van der Waals surface area contributed by atoms with Crippen molar-refractivity contribution in [3.8, 4) is 11.3 Å². The number of hydrogen-bond donors (Lipinski definition) is 2. The molecule has 1 heterocycles. The lowest BCUT2D eigenvalue weighted by molar-refractivity contribution is 1.25. The Kier molecular flexibility index (Phi) is 2.47. The summed E-state index contributed by atoms with van der Waals surface area (Å²) in [6.07, 6.45) is 0. The summed E-state index contributed by atoms with van der Waals surface area (Å²) in [5, 5.41) is 0.595. The van der Waals surface area contributed by atoms with Gasteiger partial charge in [-0.1, -0.05) is 29.8 Å². The highest BCUT2D eigenvalue weighted by molar-refractivity contribution is 6.33. The summed E-state index contributed by atoms with van der Waals surface area (Å²) in [6.45, 7) is 0. The molecular weight excluding hydrogens is 212 g/mol. The number of anilines is 1. The SMILES string of the molecule is Nc1ccc(-c2ccccc2Cl)[nH]c1=O. The first-order chi connectivity index (χ1) is 7.18. The highest BCUT2D eigenvalue weighted by atomic mass is 35.5. The molecule has 0 amide bonds.